The number of aliphatic hydroxyl groups excluding tert-OH is 1. The molecule has 0 aromatic rings. The molecule has 0 saturated carbocycles. The van der Waals surface area contributed by atoms with Crippen molar-refractivity contribution in [2.45, 2.75) is 154 Å². The van der Waals surface area contributed by atoms with E-state index < -0.39 is 15.4 Å². The molecule has 0 aromatic heterocycles. The molecule has 4 nitrogen and oxygen atoms in total. The standard InChI is InChI=1S/C24H50O4S.Na/c1-3-4-5-6-7-12-15-18-21-24(25)22-19-16-13-10-8-9-11-14-17-20-23(2)29(26,27)28;/h23-25H,3-22H2,1-2H3,(H,26,27,28);/q;+1/p-1. The monoisotopic (exact) mass is 456 g/mol. The topological polar surface area (TPSA) is 77.4 Å². The largest absolute Gasteiger partial charge is 1.00 e. The zero-order valence-electron chi connectivity index (χ0n) is 20.4. The Balaban J connectivity index is 0. The molecule has 0 saturated heterocycles. The van der Waals surface area contributed by atoms with E-state index >= 15 is 0 Å². The van der Waals surface area contributed by atoms with Crippen LogP contribution < -0.4 is 29.6 Å². The fourth-order valence-electron chi connectivity index (χ4n) is 3.85. The van der Waals surface area contributed by atoms with E-state index in [-0.39, 0.29) is 35.7 Å². The van der Waals surface area contributed by atoms with Gasteiger partial charge >= 0.3 is 29.6 Å². The predicted molar refractivity (Wildman–Crippen MR) is 123 cm³/mol. The van der Waals surface area contributed by atoms with Gasteiger partial charge in [-0.25, -0.2) is 8.42 Å². The molecule has 0 fully saturated rings. The molecule has 0 aliphatic heterocycles. The van der Waals surface area contributed by atoms with Gasteiger partial charge in [0.15, 0.2) is 0 Å². The van der Waals surface area contributed by atoms with Crippen molar-refractivity contribution in [3.05, 3.63) is 0 Å². The van der Waals surface area contributed by atoms with Gasteiger partial charge in [0.25, 0.3) is 0 Å². The second-order valence-corrected chi connectivity index (χ2v) is 10.8. The molecule has 0 aliphatic rings. The Morgan fingerprint density at radius 2 is 0.933 bits per heavy atom. The smallest absolute Gasteiger partial charge is 0.748 e. The minimum Gasteiger partial charge on any atom is -0.748 e. The zero-order chi connectivity index (χ0) is 21.8. The van der Waals surface area contributed by atoms with Gasteiger partial charge in [0, 0.05) is 5.25 Å². The summed E-state index contributed by atoms with van der Waals surface area (Å²) >= 11 is 0. The van der Waals surface area contributed by atoms with E-state index in [0.717, 1.165) is 38.5 Å². The van der Waals surface area contributed by atoms with Gasteiger partial charge < -0.3 is 9.66 Å². The minimum absolute atomic E-state index is 0. The first-order chi connectivity index (χ1) is 13.9. The van der Waals surface area contributed by atoms with Crippen molar-refractivity contribution in [3.8, 4) is 0 Å². The van der Waals surface area contributed by atoms with E-state index in [1.54, 1.807) is 0 Å². The SMILES string of the molecule is CCCCCCCCCCC(O)CCCCCCCCCCCC(C)S(=O)(=O)[O-].[Na+]. The Morgan fingerprint density at radius 3 is 1.27 bits per heavy atom. The van der Waals surface area contributed by atoms with Crippen LogP contribution in [0.15, 0.2) is 0 Å². The molecule has 2 unspecified atom stereocenters. The van der Waals surface area contributed by atoms with E-state index in [1.807, 2.05) is 0 Å². The molecule has 0 heterocycles. The average Bonchev–Trinajstić information content (AvgIpc) is 2.67. The van der Waals surface area contributed by atoms with Crippen LogP contribution in [0.5, 0.6) is 0 Å². The third kappa shape index (κ3) is 23.5. The number of rotatable bonds is 22. The van der Waals surface area contributed by atoms with Crippen LogP contribution in [0.25, 0.3) is 0 Å². The Bertz CT molecular complexity index is 442. The number of aliphatic hydroxyl groups is 1. The van der Waals surface area contributed by atoms with Gasteiger partial charge in [0.2, 0.25) is 0 Å². The molecule has 0 amide bonds. The van der Waals surface area contributed by atoms with Gasteiger partial charge in [-0.05, 0) is 26.2 Å². The first-order valence-corrected chi connectivity index (χ1v) is 14.0. The zero-order valence-corrected chi connectivity index (χ0v) is 23.2. The molecule has 0 aromatic carbocycles. The number of unbranched alkanes of at least 4 members (excludes halogenated alkanes) is 15. The molecule has 0 rings (SSSR count). The minimum atomic E-state index is -4.10. The van der Waals surface area contributed by atoms with Crippen molar-refractivity contribution in [2.75, 3.05) is 0 Å². The molecule has 176 valence electrons. The van der Waals surface area contributed by atoms with Gasteiger partial charge in [-0.15, -0.1) is 0 Å². The Kier molecular flexibility index (Phi) is 25.4. The molecule has 0 radical (unpaired) electrons. The summed E-state index contributed by atoms with van der Waals surface area (Å²) in [5.41, 5.74) is 0. The van der Waals surface area contributed by atoms with E-state index in [0.29, 0.717) is 6.42 Å². The van der Waals surface area contributed by atoms with E-state index in [4.69, 9.17) is 0 Å². The maximum atomic E-state index is 10.8. The van der Waals surface area contributed by atoms with Crippen molar-refractivity contribution in [3.63, 3.8) is 0 Å². The van der Waals surface area contributed by atoms with Gasteiger partial charge in [-0.3, -0.25) is 0 Å². The van der Waals surface area contributed by atoms with E-state index in [2.05, 4.69) is 6.92 Å². The van der Waals surface area contributed by atoms with Gasteiger partial charge in [-0.2, -0.15) is 0 Å². The van der Waals surface area contributed by atoms with Crippen LogP contribution in [0.1, 0.15) is 142 Å². The Hall–Kier alpha value is 0.870. The maximum absolute atomic E-state index is 10.8. The molecule has 0 spiro atoms. The normalized spacial score (nSPS) is 13.7. The first kappa shape index (κ1) is 33.0. The second-order valence-electron chi connectivity index (χ2n) is 8.98. The summed E-state index contributed by atoms with van der Waals surface area (Å²) in [6.07, 6.45) is 23.1. The van der Waals surface area contributed by atoms with Gasteiger partial charge in [0.05, 0.1) is 16.2 Å². The van der Waals surface area contributed by atoms with Crippen LogP contribution in [-0.2, 0) is 10.1 Å². The fraction of sp³-hybridized carbons (Fsp3) is 1.00. The fourth-order valence-corrected chi connectivity index (χ4v) is 4.31. The molecule has 0 bridgehead atoms. The molecule has 1 N–H and O–H groups in total. The van der Waals surface area contributed by atoms with Crippen LogP contribution in [0.2, 0.25) is 0 Å². The van der Waals surface area contributed by atoms with E-state index in [1.165, 1.54) is 90.4 Å². The predicted octanol–water partition coefficient (Wildman–Crippen LogP) is 4.11. The molecular formula is C24H49NaO4S. The van der Waals surface area contributed by atoms with Gasteiger partial charge in [0.1, 0.15) is 0 Å². The van der Waals surface area contributed by atoms with Crippen molar-refractivity contribution in [1.29, 1.82) is 0 Å². The summed E-state index contributed by atoms with van der Waals surface area (Å²) in [5, 5.41) is 9.33. The number of hydrogen-bond donors (Lipinski definition) is 1. The summed E-state index contributed by atoms with van der Waals surface area (Å²) in [4.78, 5) is 0. The van der Waals surface area contributed by atoms with Crippen molar-refractivity contribution >= 4 is 10.1 Å². The third-order valence-electron chi connectivity index (χ3n) is 6.03. The van der Waals surface area contributed by atoms with Gasteiger partial charge in [-0.1, -0.05) is 116 Å². The van der Waals surface area contributed by atoms with Crippen molar-refractivity contribution in [1.82, 2.24) is 0 Å². The average molecular weight is 457 g/mol. The molecule has 0 aliphatic carbocycles. The molecule has 30 heavy (non-hydrogen) atoms. The summed E-state index contributed by atoms with van der Waals surface area (Å²) in [5.74, 6) is 0. The Labute approximate surface area is 210 Å². The van der Waals surface area contributed by atoms with Crippen LogP contribution in [0.3, 0.4) is 0 Å². The van der Waals surface area contributed by atoms with Crippen molar-refractivity contribution in [2.24, 2.45) is 0 Å². The molecular weight excluding hydrogens is 407 g/mol. The third-order valence-corrected chi connectivity index (χ3v) is 7.25. The summed E-state index contributed by atoms with van der Waals surface area (Å²) in [6.45, 7) is 3.76. The van der Waals surface area contributed by atoms with Crippen molar-refractivity contribution < 1.29 is 47.6 Å². The van der Waals surface area contributed by atoms with Crippen LogP contribution in [0.4, 0.5) is 0 Å². The summed E-state index contributed by atoms with van der Waals surface area (Å²) in [7, 11) is -4.10. The first-order valence-electron chi connectivity index (χ1n) is 12.5. The quantitative estimate of drug-likeness (QED) is 0.151. The second kappa shape index (κ2) is 23.0. The maximum Gasteiger partial charge on any atom is 1.00 e. The van der Waals surface area contributed by atoms with Crippen LogP contribution in [-0.4, -0.2) is 29.4 Å². The summed E-state index contributed by atoms with van der Waals surface area (Å²) < 4.78 is 32.4. The number of hydrogen-bond acceptors (Lipinski definition) is 4. The Morgan fingerprint density at radius 1 is 0.633 bits per heavy atom. The van der Waals surface area contributed by atoms with Crippen LogP contribution >= 0.6 is 0 Å². The van der Waals surface area contributed by atoms with E-state index in [9.17, 15) is 18.1 Å². The molecule has 6 heteroatoms. The van der Waals surface area contributed by atoms with Crippen LogP contribution in [0, 0.1) is 0 Å². The summed E-state index contributed by atoms with van der Waals surface area (Å²) in [6, 6.07) is 0. The molecule has 2 atom stereocenters.